The zero-order chi connectivity index (χ0) is 15.2. The summed E-state index contributed by atoms with van der Waals surface area (Å²) in [6.07, 6.45) is 1.12. The molecule has 0 aliphatic carbocycles. The molecule has 3 nitrogen and oxygen atoms in total. The summed E-state index contributed by atoms with van der Waals surface area (Å²) in [6, 6.07) is 8.34. The van der Waals surface area contributed by atoms with Crippen LogP contribution in [0.3, 0.4) is 0 Å². The lowest BCUT2D eigenvalue weighted by molar-refractivity contribution is 0.123. The molecule has 0 saturated heterocycles. The Morgan fingerprint density at radius 2 is 2.00 bits per heavy atom. The van der Waals surface area contributed by atoms with Crippen molar-refractivity contribution in [2.45, 2.75) is 33.2 Å². The van der Waals surface area contributed by atoms with E-state index < -0.39 is 0 Å². The molecule has 0 radical (unpaired) electrons. The van der Waals surface area contributed by atoms with Gasteiger partial charge in [0.15, 0.2) is 0 Å². The van der Waals surface area contributed by atoms with Gasteiger partial charge in [-0.05, 0) is 43.5 Å². The number of nitrogens with one attached hydrogen (secondary N) is 1. The molecule has 1 unspecified atom stereocenters. The van der Waals surface area contributed by atoms with Crippen molar-refractivity contribution in [2.24, 2.45) is 5.92 Å². The van der Waals surface area contributed by atoms with Gasteiger partial charge in [-0.1, -0.05) is 29.8 Å². The minimum absolute atomic E-state index is 0.185. The van der Waals surface area contributed by atoms with Crippen LogP contribution in [-0.4, -0.2) is 19.8 Å². The van der Waals surface area contributed by atoms with E-state index in [9.17, 15) is 0 Å². The molecular weight excluding hydrogens is 330 g/mol. The zero-order valence-corrected chi connectivity index (χ0v) is 14.6. The first-order valence-corrected chi connectivity index (χ1v) is 8.35. The maximum atomic E-state index is 5.87. The summed E-state index contributed by atoms with van der Waals surface area (Å²) in [7, 11) is 0. The number of furan rings is 1. The summed E-state index contributed by atoms with van der Waals surface area (Å²) in [5, 5.41) is 4.56. The summed E-state index contributed by atoms with van der Waals surface area (Å²) in [5.41, 5.74) is 0.926. The molecule has 1 aromatic carbocycles. The number of fused-ring (bicyclic) bond motifs is 1. The fourth-order valence-electron chi connectivity index (χ4n) is 2.12. The van der Waals surface area contributed by atoms with E-state index in [1.807, 2.05) is 12.1 Å². The second-order valence-corrected chi connectivity index (χ2v) is 6.72. The first-order chi connectivity index (χ1) is 10.1. The van der Waals surface area contributed by atoms with Gasteiger partial charge in [0.1, 0.15) is 11.3 Å². The Kier molecular flexibility index (Phi) is 6.27. The molecule has 0 spiro atoms. The second-order valence-electron chi connectivity index (χ2n) is 5.80. The van der Waals surface area contributed by atoms with E-state index in [1.54, 1.807) is 0 Å². The summed E-state index contributed by atoms with van der Waals surface area (Å²) in [4.78, 5) is 0. The van der Waals surface area contributed by atoms with E-state index in [0.717, 1.165) is 47.4 Å². The number of halogens is 1. The van der Waals surface area contributed by atoms with Crippen LogP contribution in [0.1, 0.15) is 39.0 Å². The predicted octanol–water partition coefficient (Wildman–Crippen LogP) is 4.91. The smallest absolute Gasteiger partial charge is 0.134 e. The highest BCUT2D eigenvalue weighted by Gasteiger charge is 2.11. The Hall–Kier alpha value is -0.840. The molecule has 2 aromatic rings. The van der Waals surface area contributed by atoms with Crippen molar-refractivity contribution in [1.29, 1.82) is 0 Å². The molecule has 0 aliphatic heterocycles. The third kappa shape index (κ3) is 5.13. The topological polar surface area (TPSA) is 34.4 Å². The predicted molar refractivity (Wildman–Crippen MR) is 90.6 cm³/mol. The van der Waals surface area contributed by atoms with Gasteiger partial charge in [-0.25, -0.2) is 0 Å². The number of ether oxygens (including phenoxy) is 1. The van der Waals surface area contributed by atoms with Crippen LogP contribution in [0.5, 0.6) is 0 Å². The van der Waals surface area contributed by atoms with Gasteiger partial charge >= 0.3 is 0 Å². The van der Waals surface area contributed by atoms with Crippen molar-refractivity contribution in [3.8, 4) is 0 Å². The maximum Gasteiger partial charge on any atom is 0.134 e. The SMILES string of the molecule is CC(C)CCOCCNC(C)c1cc2cc(Br)ccc2o1. The molecule has 116 valence electrons. The monoisotopic (exact) mass is 353 g/mol. The fraction of sp³-hybridized carbons (Fsp3) is 0.529. The minimum atomic E-state index is 0.185. The van der Waals surface area contributed by atoms with Crippen LogP contribution in [0.15, 0.2) is 33.2 Å². The van der Waals surface area contributed by atoms with Crippen LogP contribution in [0.4, 0.5) is 0 Å². The second kappa shape index (κ2) is 7.97. The normalized spacial score (nSPS) is 13.2. The number of benzene rings is 1. The van der Waals surface area contributed by atoms with Crippen LogP contribution < -0.4 is 5.32 Å². The fourth-order valence-corrected chi connectivity index (χ4v) is 2.50. The molecule has 1 N–H and O–H groups in total. The largest absolute Gasteiger partial charge is 0.459 e. The Balaban J connectivity index is 1.78. The van der Waals surface area contributed by atoms with E-state index in [2.05, 4.69) is 54.2 Å². The molecule has 0 amide bonds. The molecule has 21 heavy (non-hydrogen) atoms. The van der Waals surface area contributed by atoms with Gasteiger partial charge in [-0.3, -0.25) is 0 Å². The van der Waals surface area contributed by atoms with E-state index in [1.165, 1.54) is 0 Å². The highest BCUT2D eigenvalue weighted by molar-refractivity contribution is 9.10. The lowest BCUT2D eigenvalue weighted by Gasteiger charge is -2.11. The number of hydrogen-bond donors (Lipinski definition) is 1. The van der Waals surface area contributed by atoms with E-state index >= 15 is 0 Å². The van der Waals surface area contributed by atoms with Crippen molar-refractivity contribution in [2.75, 3.05) is 19.8 Å². The molecule has 0 aliphatic rings. The molecule has 1 atom stereocenters. The van der Waals surface area contributed by atoms with Gasteiger partial charge in [0.2, 0.25) is 0 Å². The van der Waals surface area contributed by atoms with Crippen LogP contribution in [0.2, 0.25) is 0 Å². The van der Waals surface area contributed by atoms with Gasteiger partial charge < -0.3 is 14.5 Å². The van der Waals surface area contributed by atoms with Crippen molar-refractivity contribution in [3.63, 3.8) is 0 Å². The Bertz CT molecular complexity index is 565. The first-order valence-electron chi connectivity index (χ1n) is 7.56. The van der Waals surface area contributed by atoms with Crippen molar-refractivity contribution < 1.29 is 9.15 Å². The standard InChI is InChI=1S/C17H24BrNO2/c1-12(2)6-8-20-9-7-19-13(3)17-11-14-10-15(18)4-5-16(14)21-17/h4-5,10-13,19H,6-9H2,1-3H3. The Morgan fingerprint density at radius 1 is 1.19 bits per heavy atom. The summed E-state index contributed by atoms with van der Waals surface area (Å²) < 4.78 is 12.5. The summed E-state index contributed by atoms with van der Waals surface area (Å²) >= 11 is 3.48. The molecule has 1 heterocycles. The van der Waals surface area contributed by atoms with Gasteiger partial charge in [-0.15, -0.1) is 0 Å². The quantitative estimate of drug-likeness (QED) is 0.684. The van der Waals surface area contributed by atoms with E-state index in [-0.39, 0.29) is 6.04 Å². The van der Waals surface area contributed by atoms with Crippen molar-refractivity contribution in [3.05, 3.63) is 34.5 Å². The third-order valence-corrected chi connectivity index (χ3v) is 3.95. The molecule has 0 saturated carbocycles. The molecule has 1 aromatic heterocycles. The van der Waals surface area contributed by atoms with Crippen LogP contribution in [-0.2, 0) is 4.74 Å². The molecule has 0 bridgehead atoms. The van der Waals surface area contributed by atoms with Crippen LogP contribution in [0, 0.1) is 5.92 Å². The number of hydrogen-bond acceptors (Lipinski definition) is 3. The Labute approximate surface area is 135 Å². The maximum absolute atomic E-state index is 5.87. The van der Waals surface area contributed by atoms with Gasteiger partial charge in [0.25, 0.3) is 0 Å². The van der Waals surface area contributed by atoms with Gasteiger partial charge in [-0.2, -0.15) is 0 Å². The third-order valence-electron chi connectivity index (χ3n) is 3.46. The van der Waals surface area contributed by atoms with Crippen LogP contribution in [0.25, 0.3) is 11.0 Å². The average Bonchev–Trinajstić information content (AvgIpc) is 2.85. The zero-order valence-electron chi connectivity index (χ0n) is 13.0. The van der Waals surface area contributed by atoms with Crippen LogP contribution >= 0.6 is 15.9 Å². The highest BCUT2D eigenvalue weighted by Crippen LogP contribution is 2.26. The minimum Gasteiger partial charge on any atom is -0.459 e. The molecule has 0 fully saturated rings. The van der Waals surface area contributed by atoms with E-state index in [4.69, 9.17) is 9.15 Å². The summed E-state index contributed by atoms with van der Waals surface area (Å²) in [6.45, 7) is 8.95. The molecule has 4 heteroatoms. The van der Waals surface area contributed by atoms with E-state index in [0.29, 0.717) is 5.92 Å². The Morgan fingerprint density at radius 3 is 2.76 bits per heavy atom. The van der Waals surface area contributed by atoms with Crippen molar-refractivity contribution >= 4 is 26.9 Å². The molecular formula is C17H24BrNO2. The summed E-state index contributed by atoms with van der Waals surface area (Å²) in [5.74, 6) is 1.66. The average molecular weight is 354 g/mol. The molecule has 2 rings (SSSR count). The van der Waals surface area contributed by atoms with Gasteiger partial charge in [0, 0.05) is 23.0 Å². The lowest BCUT2D eigenvalue weighted by Crippen LogP contribution is -2.23. The van der Waals surface area contributed by atoms with Gasteiger partial charge in [0.05, 0.1) is 12.6 Å². The lowest BCUT2D eigenvalue weighted by atomic mass is 10.1. The number of rotatable bonds is 8. The van der Waals surface area contributed by atoms with Crippen molar-refractivity contribution in [1.82, 2.24) is 5.32 Å². The first kappa shape index (κ1) is 16.5. The highest BCUT2D eigenvalue weighted by atomic mass is 79.9.